The summed E-state index contributed by atoms with van der Waals surface area (Å²) in [5.41, 5.74) is 0.844. The van der Waals surface area contributed by atoms with Crippen molar-refractivity contribution >= 4 is 28.4 Å². The van der Waals surface area contributed by atoms with Crippen molar-refractivity contribution in [2.75, 3.05) is 18.6 Å². The third-order valence-electron chi connectivity index (χ3n) is 3.16. The monoisotopic (exact) mass is 330 g/mol. The molecule has 1 aromatic carbocycles. The largest absolute Gasteiger partial charge is 0.337 e. The van der Waals surface area contributed by atoms with E-state index >= 15 is 0 Å². The summed E-state index contributed by atoms with van der Waals surface area (Å²) >= 11 is 6.00. The molecule has 0 radical (unpaired) electrons. The first kappa shape index (κ1) is 18.0. The maximum absolute atomic E-state index is 11.8. The third kappa shape index (κ3) is 6.48. The van der Waals surface area contributed by atoms with Crippen molar-refractivity contribution in [3.63, 3.8) is 0 Å². The van der Waals surface area contributed by atoms with Crippen LogP contribution in [0, 0.1) is 0 Å². The molecule has 2 unspecified atom stereocenters. The van der Waals surface area contributed by atoms with Crippen LogP contribution in [0.3, 0.4) is 0 Å². The van der Waals surface area contributed by atoms with Gasteiger partial charge in [-0.05, 0) is 24.6 Å². The van der Waals surface area contributed by atoms with Crippen molar-refractivity contribution in [2.24, 2.45) is 0 Å². The highest BCUT2D eigenvalue weighted by Gasteiger charge is 2.22. The Morgan fingerprint density at radius 2 is 2.10 bits per heavy atom. The van der Waals surface area contributed by atoms with E-state index in [1.807, 2.05) is 45.0 Å². The van der Waals surface area contributed by atoms with Crippen LogP contribution in [0.1, 0.15) is 26.3 Å². The van der Waals surface area contributed by atoms with E-state index in [4.69, 9.17) is 11.6 Å². The maximum atomic E-state index is 11.8. The zero-order valence-corrected chi connectivity index (χ0v) is 14.5. The van der Waals surface area contributed by atoms with E-state index in [0.29, 0.717) is 17.3 Å². The smallest absolute Gasteiger partial charge is 0.315 e. The van der Waals surface area contributed by atoms with E-state index < -0.39 is 10.8 Å². The highest BCUT2D eigenvalue weighted by atomic mass is 35.5. The molecule has 4 nitrogen and oxygen atoms in total. The van der Waals surface area contributed by atoms with Gasteiger partial charge >= 0.3 is 6.03 Å². The number of hydrogen-bond acceptors (Lipinski definition) is 2. The van der Waals surface area contributed by atoms with E-state index in [1.54, 1.807) is 6.26 Å². The number of carbonyl (C=O) groups is 1. The van der Waals surface area contributed by atoms with Crippen LogP contribution in [-0.2, 0) is 16.2 Å². The lowest BCUT2D eigenvalue weighted by molar-refractivity contribution is 0.236. The molecule has 0 spiro atoms. The van der Waals surface area contributed by atoms with E-state index in [2.05, 4.69) is 10.6 Å². The molecule has 0 fully saturated rings. The molecule has 118 valence electrons. The summed E-state index contributed by atoms with van der Waals surface area (Å²) in [5, 5.41) is 6.31. The number of carbonyl (C=O) groups excluding carboxylic acids is 1. The van der Waals surface area contributed by atoms with Gasteiger partial charge < -0.3 is 10.6 Å². The van der Waals surface area contributed by atoms with E-state index in [1.165, 1.54) is 0 Å². The lowest BCUT2D eigenvalue weighted by Crippen LogP contribution is -2.46. The number of rotatable bonds is 6. The first-order valence-electron chi connectivity index (χ1n) is 6.81. The van der Waals surface area contributed by atoms with E-state index in [0.717, 1.165) is 5.56 Å². The maximum Gasteiger partial charge on any atom is 0.315 e. The predicted molar refractivity (Wildman–Crippen MR) is 89.4 cm³/mol. The average Bonchev–Trinajstić information content (AvgIpc) is 2.35. The van der Waals surface area contributed by atoms with E-state index in [-0.39, 0.29) is 17.5 Å². The van der Waals surface area contributed by atoms with Gasteiger partial charge in [0.15, 0.2) is 0 Å². The summed E-state index contributed by atoms with van der Waals surface area (Å²) in [6.45, 7) is 6.41. The molecule has 2 atom stereocenters. The lowest BCUT2D eigenvalue weighted by Gasteiger charge is -2.26. The van der Waals surface area contributed by atoms with Crippen LogP contribution < -0.4 is 10.6 Å². The van der Waals surface area contributed by atoms with Gasteiger partial charge in [0.25, 0.3) is 0 Å². The van der Waals surface area contributed by atoms with Crippen LogP contribution >= 0.6 is 11.6 Å². The van der Waals surface area contributed by atoms with Gasteiger partial charge in [-0.2, -0.15) is 0 Å². The van der Waals surface area contributed by atoms with Gasteiger partial charge in [-0.1, -0.05) is 37.6 Å². The SMILES string of the molecule is CC(CS(C)=O)NC(=O)NCC(C)(C)c1cccc(Cl)c1. The topological polar surface area (TPSA) is 58.2 Å². The molecule has 2 amide bonds. The van der Waals surface area contributed by atoms with Crippen molar-refractivity contribution in [3.8, 4) is 0 Å². The summed E-state index contributed by atoms with van der Waals surface area (Å²) in [6, 6.07) is 7.26. The Kier molecular flexibility index (Phi) is 6.68. The Bertz CT molecular complexity index is 520. The minimum atomic E-state index is -0.923. The van der Waals surface area contributed by atoms with Gasteiger partial charge in [-0.25, -0.2) is 4.79 Å². The molecular weight excluding hydrogens is 308 g/mol. The van der Waals surface area contributed by atoms with Crippen LogP contribution in [0.25, 0.3) is 0 Å². The standard InChI is InChI=1S/C15H23ClN2O2S/c1-11(9-21(4)20)18-14(19)17-10-15(2,3)12-6-5-7-13(16)8-12/h5-8,11H,9-10H2,1-4H3,(H2,17,18,19). The van der Waals surface area contributed by atoms with Crippen LogP contribution in [0.15, 0.2) is 24.3 Å². The summed E-state index contributed by atoms with van der Waals surface area (Å²) in [5.74, 6) is 0.450. The zero-order valence-electron chi connectivity index (χ0n) is 12.9. The third-order valence-corrected chi connectivity index (χ3v) is 4.36. The predicted octanol–water partition coefficient (Wildman–Crippen LogP) is 2.68. The van der Waals surface area contributed by atoms with E-state index in [9.17, 15) is 9.00 Å². The highest BCUT2D eigenvalue weighted by Crippen LogP contribution is 2.24. The van der Waals surface area contributed by atoms with Gasteiger partial charge in [0.2, 0.25) is 0 Å². The van der Waals surface area contributed by atoms with Crippen LogP contribution in [0.4, 0.5) is 4.79 Å². The van der Waals surface area contributed by atoms with Crippen LogP contribution in [0.2, 0.25) is 5.02 Å². The number of amides is 2. The molecule has 0 saturated heterocycles. The second-order valence-electron chi connectivity index (χ2n) is 5.86. The Balaban J connectivity index is 2.53. The molecule has 0 saturated carbocycles. The summed E-state index contributed by atoms with van der Waals surface area (Å²) in [7, 11) is -0.923. The van der Waals surface area contributed by atoms with Crippen molar-refractivity contribution < 1.29 is 9.00 Å². The Labute approximate surface area is 134 Å². The Morgan fingerprint density at radius 1 is 1.43 bits per heavy atom. The zero-order chi connectivity index (χ0) is 16.0. The van der Waals surface area contributed by atoms with Gasteiger partial charge in [0.05, 0.1) is 0 Å². The molecule has 1 aromatic rings. The van der Waals surface area contributed by atoms with Crippen molar-refractivity contribution in [1.82, 2.24) is 10.6 Å². The average molecular weight is 331 g/mol. The molecule has 1 rings (SSSR count). The molecule has 0 aliphatic heterocycles. The molecule has 6 heteroatoms. The van der Waals surface area contributed by atoms with Gasteiger partial charge in [0, 0.05) is 45.8 Å². The Morgan fingerprint density at radius 3 is 2.67 bits per heavy atom. The minimum Gasteiger partial charge on any atom is -0.337 e. The second-order valence-corrected chi connectivity index (χ2v) is 7.78. The van der Waals surface area contributed by atoms with Gasteiger partial charge in [0.1, 0.15) is 0 Å². The molecule has 21 heavy (non-hydrogen) atoms. The van der Waals surface area contributed by atoms with Crippen molar-refractivity contribution in [3.05, 3.63) is 34.9 Å². The molecule has 0 aliphatic carbocycles. The van der Waals surface area contributed by atoms with Gasteiger partial charge in [-0.15, -0.1) is 0 Å². The fourth-order valence-corrected chi connectivity index (χ4v) is 2.96. The highest BCUT2D eigenvalue weighted by molar-refractivity contribution is 7.84. The number of urea groups is 1. The first-order valence-corrected chi connectivity index (χ1v) is 8.91. The minimum absolute atomic E-state index is 0.120. The van der Waals surface area contributed by atoms with Crippen LogP contribution in [0.5, 0.6) is 0 Å². The van der Waals surface area contributed by atoms with Crippen molar-refractivity contribution in [1.29, 1.82) is 0 Å². The number of benzene rings is 1. The fourth-order valence-electron chi connectivity index (χ4n) is 1.98. The normalized spacial score (nSPS) is 14.3. The second kappa shape index (κ2) is 7.80. The number of halogens is 1. The molecule has 0 heterocycles. The lowest BCUT2D eigenvalue weighted by atomic mass is 9.85. The summed E-state index contributed by atoms with van der Waals surface area (Å²) in [4.78, 5) is 11.8. The molecule has 0 aliphatic rings. The molecule has 0 aromatic heterocycles. The van der Waals surface area contributed by atoms with Crippen LogP contribution in [-0.4, -0.2) is 34.8 Å². The summed E-state index contributed by atoms with van der Waals surface area (Å²) in [6.07, 6.45) is 1.62. The Hall–Kier alpha value is -1.07. The molecule has 0 bridgehead atoms. The van der Waals surface area contributed by atoms with Crippen molar-refractivity contribution in [2.45, 2.75) is 32.2 Å². The quantitative estimate of drug-likeness (QED) is 0.842. The van der Waals surface area contributed by atoms with Gasteiger partial charge in [-0.3, -0.25) is 4.21 Å². The summed E-state index contributed by atoms with van der Waals surface area (Å²) < 4.78 is 11.1. The number of hydrogen-bond donors (Lipinski definition) is 2. The first-order chi connectivity index (χ1) is 9.70. The number of nitrogens with one attached hydrogen (secondary N) is 2. The fraction of sp³-hybridized carbons (Fsp3) is 0.533. The molecule has 2 N–H and O–H groups in total. The molecular formula is C15H23ClN2O2S.